The lowest BCUT2D eigenvalue weighted by molar-refractivity contribution is -0.143. The minimum atomic E-state index is -0.683. The van der Waals surface area contributed by atoms with E-state index in [2.05, 4.69) is 11.1 Å². The number of ether oxygens (including phenoxy) is 3. The molecule has 0 saturated carbocycles. The summed E-state index contributed by atoms with van der Waals surface area (Å²) in [6, 6.07) is 6.71. The third-order valence-corrected chi connectivity index (χ3v) is 5.45. The number of aliphatic imine (C=N–C) groups is 1. The van der Waals surface area contributed by atoms with Crippen LogP contribution in [-0.4, -0.2) is 36.4 Å². The van der Waals surface area contributed by atoms with Crippen LogP contribution in [0.1, 0.15) is 32.4 Å². The fraction of sp³-hybridized carbons (Fsp3) is 0.350. The van der Waals surface area contributed by atoms with Crippen molar-refractivity contribution in [1.82, 2.24) is 4.90 Å². The molecule has 29 heavy (non-hydrogen) atoms. The molecule has 0 saturated heterocycles. The molecular weight excluding hydrogens is 392 g/mol. The van der Waals surface area contributed by atoms with Gasteiger partial charge in [0.1, 0.15) is 34.3 Å². The fourth-order valence-electron chi connectivity index (χ4n) is 3.23. The van der Waals surface area contributed by atoms with Gasteiger partial charge in [-0.25, -0.2) is 9.79 Å². The van der Waals surface area contributed by atoms with E-state index in [0.29, 0.717) is 38.4 Å². The van der Waals surface area contributed by atoms with Crippen molar-refractivity contribution in [3.8, 4) is 17.6 Å². The van der Waals surface area contributed by atoms with Gasteiger partial charge >= 0.3 is 5.97 Å². The van der Waals surface area contributed by atoms with Crippen molar-refractivity contribution in [1.29, 1.82) is 5.26 Å². The number of rotatable bonds is 5. The molecule has 2 aliphatic rings. The van der Waals surface area contributed by atoms with E-state index in [1.165, 1.54) is 11.8 Å². The Bertz CT molecular complexity index is 991. The maximum absolute atomic E-state index is 13.0. The van der Waals surface area contributed by atoms with Crippen LogP contribution in [0.15, 0.2) is 45.2 Å². The summed E-state index contributed by atoms with van der Waals surface area (Å²) in [5.41, 5.74) is 7.75. The second kappa shape index (κ2) is 8.09. The minimum absolute atomic E-state index is 0.230. The van der Waals surface area contributed by atoms with Gasteiger partial charge in [-0.3, -0.25) is 4.90 Å². The van der Waals surface area contributed by atoms with Crippen LogP contribution >= 0.6 is 11.8 Å². The van der Waals surface area contributed by atoms with Crippen molar-refractivity contribution < 1.29 is 19.0 Å². The first kappa shape index (κ1) is 20.6. The molecule has 8 nitrogen and oxygen atoms in total. The molecule has 0 aliphatic carbocycles. The number of hydrogen-bond donors (Lipinski definition) is 1. The van der Waals surface area contributed by atoms with Crippen molar-refractivity contribution in [2.24, 2.45) is 10.7 Å². The Morgan fingerprint density at radius 3 is 2.66 bits per heavy atom. The van der Waals surface area contributed by atoms with Crippen molar-refractivity contribution >= 4 is 22.9 Å². The summed E-state index contributed by atoms with van der Waals surface area (Å²) in [4.78, 5) is 19.5. The van der Waals surface area contributed by atoms with E-state index in [0.717, 1.165) is 0 Å². The second-order valence-corrected chi connectivity index (χ2v) is 7.63. The Kier molecular flexibility index (Phi) is 5.75. The van der Waals surface area contributed by atoms with Gasteiger partial charge in [-0.1, -0.05) is 0 Å². The molecule has 0 radical (unpaired) electrons. The molecule has 0 amide bonds. The number of fused-ring (bicyclic) bond motifs is 1. The summed E-state index contributed by atoms with van der Waals surface area (Å²) in [5, 5.41) is 9.96. The molecule has 0 spiro atoms. The molecular formula is C20H22N4O4S. The number of carbonyl (C=O) groups excluding carboxylic acids is 1. The lowest BCUT2D eigenvalue weighted by Gasteiger charge is -2.35. The summed E-state index contributed by atoms with van der Waals surface area (Å²) >= 11 is 1.17. The Labute approximate surface area is 173 Å². The third-order valence-electron chi connectivity index (χ3n) is 4.47. The van der Waals surface area contributed by atoms with E-state index in [-0.39, 0.29) is 11.9 Å². The summed E-state index contributed by atoms with van der Waals surface area (Å²) in [7, 11) is 3.10. The van der Waals surface area contributed by atoms with Crippen LogP contribution in [0.2, 0.25) is 0 Å². The smallest absolute Gasteiger partial charge is 0.338 e. The zero-order valence-electron chi connectivity index (χ0n) is 16.8. The molecule has 2 heterocycles. The minimum Gasteiger partial charge on any atom is -0.497 e. The van der Waals surface area contributed by atoms with Crippen molar-refractivity contribution in [3.05, 3.63) is 45.8 Å². The Morgan fingerprint density at radius 2 is 2.07 bits per heavy atom. The van der Waals surface area contributed by atoms with Crippen LogP contribution in [0.3, 0.4) is 0 Å². The summed E-state index contributed by atoms with van der Waals surface area (Å²) in [6.07, 6.45) is -0.309. The molecule has 2 aliphatic heterocycles. The Balaban J connectivity index is 2.26. The predicted molar refractivity (Wildman–Crippen MR) is 110 cm³/mol. The van der Waals surface area contributed by atoms with Gasteiger partial charge in [0.2, 0.25) is 0 Å². The topological polar surface area (TPSA) is 110 Å². The Hall–Kier alpha value is -3.12. The average molecular weight is 414 g/mol. The molecule has 2 N–H and O–H groups in total. The van der Waals surface area contributed by atoms with Crippen LogP contribution < -0.4 is 15.2 Å². The van der Waals surface area contributed by atoms with E-state index in [1.807, 2.05) is 0 Å². The zero-order valence-corrected chi connectivity index (χ0v) is 17.7. The number of benzene rings is 1. The second-order valence-electron chi connectivity index (χ2n) is 6.66. The van der Waals surface area contributed by atoms with E-state index in [4.69, 9.17) is 19.9 Å². The number of nitriles is 1. The highest BCUT2D eigenvalue weighted by molar-refractivity contribution is 8.17. The molecule has 1 aromatic carbocycles. The van der Waals surface area contributed by atoms with Gasteiger partial charge in [0.05, 0.1) is 31.6 Å². The Morgan fingerprint density at radius 1 is 1.34 bits per heavy atom. The lowest BCUT2D eigenvalue weighted by atomic mass is 9.93. The molecule has 0 unspecified atom stereocenters. The van der Waals surface area contributed by atoms with Crippen molar-refractivity contribution in [2.45, 2.75) is 32.9 Å². The first-order valence-corrected chi connectivity index (χ1v) is 9.73. The first-order chi connectivity index (χ1) is 13.8. The maximum Gasteiger partial charge on any atom is 0.338 e. The van der Waals surface area contributed by atoms with Crippen LogP contribution in [-0.2, 0) is 9.53 Å². The molecule has 3 rings (SSSR count). The zero-order chi connectivity index (χ0) is 21.3. The highest BCUT2D eigenvalue weighted by Gasteiger charge is 2.44. The molecule has 0 fully saturated rings. The van der Waals surface area contributed by atoms with Crippen molar-refractivity contribution in [3.63, 3.8) is 0 Å². The number of allylic oxidation sites excluding steroid dienone is 2. The van der Waals surface area contributed by atoms with E-state index in [9.17, 15) is 10.1 Å². The van der Waals surface area contributed by atoms with Gasteiger partial charge in [0.25, 0.3) is 0 Å². The molecule has 1 atom stereocenters. The van der Waals surface area contributed by atoms with E-state index >= 15 is 0 Å². The van der Waals surface area contributed by atoms with Crippen LogP contribution in [0.4, 0.5) is 0 Å². The monoisotopic (exact) mass is 414 g/mol. The predicted octanol–water partition coefficient (Wildman–Crippen LogP) is 3.04. The van der Waals surface area contributed by atoms with Gasteiger partial charge in [-0.05, 0) is 50.7 Å². The number of nitrogens with two attached hydrogens (primary N) is 1. The number of methoxy groups -OCH3 is 2. The summed E-state index contributed by atoms with van der Waals surface area (Å²) in [5.74, 6) is 0.865. The standard InChI is InChI=1S/C20H22N4O4S/c1-10(2)28-19(25)16-11(3)23-20-24(18(22)15(9-21)29-20)17(16)13-8-12(26-4)6-7-14(13)27-5/h6-8,10,17H,22H2,1-5H3/t17-/m0/s1. The van der Waals surface area contributed by atoms with Crippen LogP contribution in [0, 0.1) is 11.3 Å². The van der Waals surface area contributed by atoms with Crippen LogP contribution in [0.25, 0.3) is 0 Å². The van der Waals surface area contributed by atoms with Gasteiger partial charge in [0.15, 0.2) is 5.17 Å². The van der Waals surface area contributed by atoms with Crippen molar-refractivity contribution in [2.75, 3.05) is 14.2 Å². The van der Waals surface area contributed by atoms with Gasteiger partial charge in [-0.2, -0.15) is 5.26 Å². The number of esters is 1. The van der Waals surface area contributed by atoms with E-state index in [1.54, 1.807) is 58.1 Å². The van der Waals surface area contributed by atoms with Gasteiger partial charge < -0.3 is 19.9 Å². The highest BCUT2D eigenvalue weighted by atomic mass is 32.2. The summed E-state index contributed by atoms with van der Waals surface area (Å²) in [6.45, 7) is 5.29. The molecule has 9 heteroatoms. The molecule has 1 aromatic rings. The normalized spacial score (nSPS) is 18.4. The first-order valence-electron chi connectivity index (χ1n) is 8.91. The molecule has 152 valence electrons. The largest absolute Gasteiger partial charge is 0.497 e. The number of nitrogens with zero attached hydrogens (tertiary/aromatic N) is 3. The summed E-state index contributed by atoms with van der Waals surface area (Å²) < 4.78 is 16.4. The third kappa shape index (κ3) is 3.63. The average Bonchev–Trinajstić information content (AvgIpc) is 3.00. The SMILES string of the molecule is COc1ccc(OC)c([C@H]2C(C(=O)OC(C)C)=C(C)N=C3SC(C#N)=C(N)N32)c1. The number of thioether (sulfide) groups is 1. The van der Waals surface area contributed by atoms with E-state index < -0.39 is 12.0 Å². The highest BCUT2D eigenvalue weighted by Crippen LogP contribution is 2.48. The van der Waals surface area contributed by atoms with Crippen LogP contribution in [0.5, 0.6) is 11.5 Å². The number of amidine groups is 1. The quantitative estimate of drug-likeness (QED) is 0.732. The van der Waals surface area contributed by atoms with Gasteiger partial charge in [0, 0.05) is 5.56 Å². The number of carbonyl (C=O) groups is 1. The maximum atomic E-state index is 13.0. The fourth-order valence-corrected chi connectivity index (χ4v) is 4.14. The molecule has 0 aromatic heterocycles. The lowest BCUT2D eigenvalue weighted by Crippen LogP contribution is -2.39. The molecule has 0 bridgehead atoms. The number of hydrogen-bond acceptors (Lipinski definition) is 9. The van der Waals surface area contributed by atoms with Gasteiger partial charge in [-0.15, -0.1) is 0 Å².